The Morgan fingerprint density at radius 1 is 1.03 bits per heavy atom. The molecule has 2 aromatic rings. The fourth-order valence-electron chi connectivity index (χ4n) is 4.75. The number of nitrogens with zero attached hydrogens (tertiary/aromatic N) is 4. The van der Waals surface area contributed by atoms with Crippen LogP contribution >= 0.6 is 0 Å². The summed E-state index contributed by atoms with van der Waals surface area (Å²) in [5.74, 6) is -0.199. The number of aliphatic hydroxyl groups excluding tert-OH is 2. The Kier molecular flexibility index (Phi) is 6.59. The lowest BCUT2D eigenvalue weighted by Gasteiger charge is -2.35. The van der Waals surface area contributed by atoms with Gasteiger partial charge in [0.1, 0.15) is 18.2 Å². The minimum atomic E-state index is -4.21. The Labute approximate surface area is 198 Å². The molecule has 1 aromatic carbocycles. The lowest BCUT2D eigenvalue weighted by Crippen LogP contribution is -2.39. The van der Waals surface area contributed by atoms with Gasteiger partial charge >= 0.3 is 0 Å². The Hall–Kier alpha value is -2.32. The van der Waals surface area contributed by atoms with E-state index in [1.807, 2.05) is 11.8 Å². The number of hydrogen-bond donors (Lipinski definition) is 3. The number of benzene rings is 1. The molecule has 1 aromatic heterocycles. The molecule has 1 aliphatic carbocycles. The number of aliphatic hydroxyl groups is 2. The minimum Gasteiger partial charge on any atom is -0.383 e. The summed E-state index contributed by atoms with van der Waals surface area (Å²) < 4.78 is 58.8. The molecule has 11 nitrogen and oxygen atoms in total. The van der Waals surface area contributed by atoms with Gasteiger partial charge in [0.05, 0.1) is 16.2 Å². The van der Waals surface area contributed by atoms with E-state index in [2.05, 4.69) is 9.97 Å². The first-order valence-electron chi connectivity index (χ1n) is 10.9. The van der Waals surface area contributed by atoms with Crippen molar-refractivity contribution in [3.05, 3.63) is 41.7 Å². The molecule has 0 radical (unpaired) electrons. The Morgan fingerprint density at radius 2 is 1.65 bits per heavy atom. The third-order valence-electron chi connectivity index (χ3n) is 6.59. The summed E-state index contributed by atoms with van der Waals surface area (Å²) in [5, 5.41) is 21.5. The highest BCUT2D eigenvalue weighted by Gasteiger charge is 2.47. The first-order valence-corrected chi connectivity index (χ1v) is 13.9. The molecule has 1 saturated carbocycles. The van der Waals surface area contributed by atoms with E-state index in [0.29, 0.717) is 31.5 Å². The van der Waals surface area contributed by atoms with Gasteiger partial charge in [-0.3, -0.25) is 4.55 Å². The van der Waals surface area contributed by atoms with Crippen LogP contribution in [0.5, 0.6) is 0 Å². The fraction of sp³-hybridized carbons (Fsp3) is 0.524. The van der Waals surface area contributed by atoms with E-state index >= 15 is 0 Å². The molecule has 34 heavy (non-hydrogen) atoms. The van der Waals surface area contributed by atoms with Gasteiger partial charge in [0, 0.05) is 13.1 Å². The summed E-state index contributed by atoms with van der Waals surface area (Å²) in [7, 11) is -6.49. The van der Waals surface area contributed by atoms with Crippen LogP contribution in [0, 0.1) is 12.8 Å². The Bertz CT molecular complexity index is 1260. The number of sulfonamides is 1. The van der Waals surface area contributed by atoms with Gasteiger partial charge in [0.15, 0.2) is 12.0 Å². The molecule has 0 spiro atoms. The molecule has 2 aliphatic rings. The standard InChI is InChI=1S/C21H28N4O7S2/c1-13-3-9-16(10-4-13)34(31,32)25-20-17(18(26)21(25)27)19(22-12-23-20)24(2)15-7-5-14(6-8-15)11-33(28,29)30/h3-4,9-10,12,14-15,18,21,26-27H,5-8,11H2,1-2H3,(H,28,29,30). The van der Waals surface area contributed by atoms with Gasteiger partial charge in [-0.2, -0.15) is 8.42 Å². The molecule has 0 saturated heterocycles. The van der Waals surface area contributed by atoms with E-state index in [1.165, 1.54) is 18.5 Å². The summed E-state index contributed by atoms with van der Waals surface area (Å²) in [4.78, 5) is 10.1. The van der Waals surface area contributed by atoms with Crippen LogP contribution in [0.15, 0.2) is 35.5 Å². The first-order chi connectivity index (χ1) is 15.9. The molecule has 0 amide bonds. The molecular weight excluding hydrogens is 484 g/mol. The number of hydrogen-bond acceptors (Lipinski definition) is 9. The molecule has 186 valence electrons. The van der Waals surface area contributed by atoms with Crippen LogP contribution in [0.3, 0.4) is 0 Å². The zero-order valence-electron chi connectivity index (χ0n) is 18.8. The van der Waals surface area contributed by atoms with Crippen LogP contribution in [0.2, 0.25) is 0 Å². The average molecular weight is 513 g/mol. The number of aryl methyl sites for hydroxylation is 1. The predicted octanol–water partition coefficient (Wildman–Crippen LogP) is 1.23. The molecule has 13 heteroatoms. The van der Waals surface area contributed by atoms with Gasteiger partial charge in [0.2, 0.25) is 0 Å². The van der Waals surface area contributed by atoms with Gasteiger partial charge in [-0.1, -0.05) is 17.7 Å². The van der Waals surface area contributed by atoms with Crippen molar-refractivity contribution < 1.29 is 31.6 Å². The average Bonchev–Trinajstić information content (AvgIpc) is 3.04. The summed E-state index contributed by atoms with van der Waals surface area (Å²) in [6.07, 6.45) is 0.290. The van der Waals surface area contributed by atoms with Crippen LogP contribution < -0.4 is 9.21 Å². The van der Waals surface area contributed by atoms with Crippen molar-refractivity contribution in [2.24, 2.45) is 5.92 Å². The van der Waals surface area contributed by atoms with Crippen molar-refractivity contribution in [2.45, 2.75) is 55.9 Å². The van der Waals surface area contributed by atoms with Crippen LogP contribution in [0.25, 0.3) is 0 Å². The van der Waals surface area contributed by atoms with Crippen molar-refractivity contribution >= 4 is 31.8 Å². The lowest BCUT2D eigenvalue weighted by molar-refractivity contribution is 0.0375. The summed E-state index contributed by atoms with van der Waals surface area (Å²) in [6.45, 7) is 1.83. The molecule has 2 atom stereocenters. The second-order valence-corrected chi connectivity index (χ2v) is 12.3. The van der Waals surface area contributed by atoms with Crippen molar-refractivity contribution in [1.29, 1.82) is 0 Å². The van der Waals surface area contributed by atoms with E-state index in [1.54, 1.807) is 19.2 Å². The highest BCUT2D eigenvalue weighted by atomic mass is 32.2. The molecule has 2 unspecified atom stereocenters. The molecule has 0 bridgehead atoms. The molecule has 1 aliphatic heterocycles. The van der Waals surface area contributed by atoms with Crippen molar-refractivity contribution in [3.63, 3.8) is 0 Å². The first kappa shape index (κ1) is 24.8. The van der Waals surface area contributed by atoms with Crippen LogP contribution in [-0.4, -0.2) is 66.6 Å². The molecule has 4 rings (SSSR count). The predicted molar refractivity (Wildman–Crippen MR) is 124 cm³/mol. The monoisotopic (exact) mass is 512 g/mol. The van der Waals surface area contributed by atoms with E-state index < -0.39 is 32.5 Å². The summed E-state index contributed by atoms with van der Waals surface area (Å²) in [5.41, 5.74) is 0.993. The quantitative estimate of drug-likeness (QED) is 0.480. The highest BCUT2D eigenvalue weighted by molar-refractivity contribution is 7.92. The SMILES string of the molecule is Cc1ccc(S(=O)(=O)N2c3ncnc(N(C)C4CCC(CS(=O)(=O)O)CC4)c3C(O)C2O)cc1. The van der Waals surface area contributed by atoms with E-state index in [9.17, 15) is 27.0 Å². The fourth-order valence-corrected chi connectivity index (χ4v) is 7.16. The van der Waals surface area contributed by atoms with E-state index in [0.717, 1.165) is 9.87 Å². The van der Waals surface area contributed by atoms with Crippen molar-refractivity contribution in [3.8, 4) is 0 Å². The number of rotatable bonds is 6. The number of anilines is 2. The van der Waals surface area contributed by atoms with Crippen LogP contribution in [-0.2, 0) is 20.1 Å². The lowest BCUT2D eigenvalue weighted by atomic mass is 9.86. The molecular formula is C21H28N4O7S2. The maximum atomic E-state index is 13.3. The normalized spacial score (nSPS) is 25.3. The smallest absolute Gasteiger partial charge is 0.267 e. The Morgan fingerprint density at radius 3 is 2.24 bits per heavy atom. The number of aromatic nitrogens is 2. The van der Waals surface area contributed by atoms with E-state index in [4.69, 9.17) is 4.55 Å². The van der Waals surface area contributed by atoms with Gasteiger partial charge < -0.3 is 15.1 Å². The molecule has 1 fully saturated rings. The molecule has 3 N–H and O–H groups in total. The topological polar surface area (TPSA) is 161 Å². The van der Waals surface area contributed by atoms with Crippen LogP contribution in [0.1, 0.15) is 42.9 Å². The maximum absolute atomic E-state index is 13.3. The van der Waals surface area contributed by atoms with E-state index in [-0.39, 0.29) is 34.0 Å². The highest BCUT2D eigenvalue weighted by Crippen LogP contribution is 2.45. The summed E-state index contributed by atoms with van der Waals surface area (Å²) in [6, 6.07) is 6.10. The minimum absolute atomic E-state index is 0.0390. The second-order valence-electron chi connectivity index (χ2n) is 8.94. The van der Waals surface area contributed by atoms with Crippen molar-refractivity contribution in [1.82, 2.24) is 9.97 Å². The van der Waals surface area contributed by atoms with Gasteiger partial charge in [-0.15, -0.1) is 0 Å². The van der Waals surface area contributed by atoms with Crippen LogP contribution in [0.4, 0.5) is 11.6 Å². The zero-order chi connectivity index (χ0) is 24.8. The second kappa shape index (κ2) is 9.04. The van der Waals surface area contributed by atoms with Gasteiger partial charge in [-0.05, 0) is 50.7 Å². The zero-order valence-corrected chi connectivity index (χ0v) is 20.4. The van der Waals surface area contributed by atoms with Gasteiger partial charge in [0.25, 0.3) is 20.1 Å². The third-order valence-corrected chi connectivity index (χ3v) is 9.26. The third kappa shape index (κ3) is 4.62. The summed E-state index contributed by atoms with van der Waals surface area (Å²) >= 11 is 0. The maximum Gasteiger partial charge on any atom is 0.267 e. The largest absolute Gasteiger partial charge is 0.383 e. The number of fused-ring (bicyclic) bond motifs is 1. The molecule has 2 heterocycles. The van der Waals surface area contributed by atoms with Crippen molar-refractivity contribution in [2.75, 3.05) is 22.0 Å². The Balaban J connectivity index is 1.63. The van der Waals surface area contributed by atoms with Gasteiger partial charge in [-0.25, -0.2) is 22.7 Å².